The van der Waals surface area contributed by atoms with Gasteiger partial charge in [0.2, 0.25) is 0 Å². The second-order valence-electron chi connectivity index (χ2n) is 7.18. The van der Waals surface area contributed by atoms with Crippen LogP contribution in [0.4, 0.5) is 15.0 Å². The lowest BCUT2D eigenvalue weighted by Gasteiger charge is -2.38. The first-order chi connectivity index (χ1) is 14.3. The molecule has 30 heavy (non-hydrogen) atoms. The van der Waals surface area contributed by atoms with E-state index in [0.29, 0.717) is 46.7 Å². The number of carbonyl (C=O) groups is 1. The summed E-state index contributed by atoms with van der Waals surface area (Å²) in [5.74, 6) is -0.141. The average Bonchev–Trinajstić information content (AvgIpc) is 2.99. The molecule has 1 aliphatic heterocycles. The number of carboxylic acid groups (broad SMARTS) is 1. The molecule has 0 aliphatic carbocycles. The number of likely N-dealkylation sites (tertiary alicyclic amines) is 1. The molecule has 0 atom stereocenters. The van der Waals surface area contributed by atoms with Crippen molar-refractivity contribution in [2.45, 2.75) is 25.8 Å². The summed E-state index contributed by atoms with van der Waals surface area (Å²) in [5, 5.41) is 14.2. The van der Waals surface area contributed by atoms with Crippen molar-refractivity contribution >= 4 is 34.5 Å². The molecule has 0 unspecified atom stereocenters. The van der Waals surface area contributed by atoms with Gasteiger partial charge < -0.3 is 20.5 Å². The predicted molar refractivity (Wildman–Crippen MR) is 108 cm³/mol. The van der Waals surface area contributed by atoms with E-state index in [2.05, 4.69) is 15.1 Å². The van der Waals surface area contributed by atoms with Crippen LogP contribution in [0.1, 0.15) is 22.7 Å². The van der Waals surface area contributed by atoms with E-state index in [9.17, 15) is 9.18 Å². The van der Waals surface area contributed by atoms with Gasteiger partial charge in [-0.15, -0.1) is 0 Å². The minimum Gasteiger partial charge on any atom is -0.496 e. The van der Waals surface area contributed by atoms with Gasteiger partial charge >= 0.3 is 6.09 Å². The summed E-state index contributed by atoms with van der Waals surface area (Å²) in [6.45, 7) is 2.66. The number of nitrogens with zero attached hydrogens (tertiary/aromatic N) is 5. The number of nitrogens with two attached hydrogens (primary N) is 1. The van der Waals surface area contributed by atoms with E-state index in [1.54, 1.807) is 4.68 Å². The van der Waals surface area contributed by atoms with Crippen molar-refractivity contribution in [1.82, 2.24) is 24.6 Å². The Labute approximate surface area is 176 Å². The summed E-state index contributed by atoms with van der Waals surface area (Å²) in [6.07, 6.45) is 0.800. The number of hydrogen-bond donors (Lipinski definition) is 2. The summed E-state index contributed by atoms with van der Waals surface area (Å²) in [6, 6.07) is 1.54. The van der Waals surface area contributed by atoms with E-state index >= 15 is 0 Å². The highest BCUT2D eigenvalue weighted by atomic mass is 35.5. The Balaban J connectivity index is 1.65. The zero-order chi connectivity index (χ0) is 21.6. The molecule has 1 aromatic carbocycles. The molecule has 2 aromatic heterocycles. The van der Waals surface area contributed by atoms with Gasteiger partial charge in [-0.3, -0.25) is 0 Å². The maximum atomic E-state index is 14.8. The molecule has 0 spiro atoms. The number of amides is 1. The number of ether oxygens (including phenoxy) is 1. The van der Waals surface area contributed by atoms with Crippen molar-refractivity contribution < 1.29 is 19.0 Å². The van der Waals surface area contributed by atoms with Gasteiger partial charge in [0.1, 0.15) is 23.7 Å². The summed E-state index contributed by atoms with van der Waals surface area (Å²) < 4.78 is 22.1. The lowest BCUT2D eigenvalue weighted by atomic mass is 9.88. The lowest BCUT2D eigenvalue weighted by molar-refractivity contribution is 0.103. The molecule has 11 heteroatoms. The smallest absolute Gasteiger partial charge is 0.407 e. The van der Waals surface area contributed by atoms with E-state index in [0.717, 1.165) is 5.69 Å². The maximum absolute atomic E-state index is 14.8. The zero-order valence-corrected chi connectivity index (χ0v) is 17.1. The number of methoxy groups -OCH3 is 1. The Morgan fingerprint density at radius 2 is 2.17 bits per heavy atom. The van der Waals surface area contributed by atoms with Gasteiger partial charge in [-0.2, -0.15) is 5.10 Å². The molecule has 158 valence electrons. The average molecular weight is 435 g/mol. The van der Waals surface area contributed by atoms with Gasteiger partial charge in [0, 0.05) is 31.1 Å². The van der Waals surface area contributed by atoms with Gasteiger partial charge in [-0.25, -0.2) is 23.8 Å². The van der Waals surface area contributed by atoms with Gasteiger partial charge in [0.15, 0.2) is 5.65 Å². The van der Waals surface area contributed by atoms with E-state index in [1.807, 2.05) is 6.92 Å². The van der Waals surface area contributed by atoms with Crippen molar-refractivity contribution in [1.29, 1.82) is 0 Å². The molecule has 1 saturated heterocycles. The quantitative estimate of drug-likeness (QED) is 0.633. The molecule has 0 bridgehead atoms. The molecule has 9 nitrogen and oxygen atoms in total. The largest absolute Gasteiger partial charge is 0.496 e. The normalized spacial score (nSPS) is 14.2. The molecule has 1 aliphatic rings. The summed E-state index contributed by atoms with van der Waals surface area (Å²) in [5.41, 5.74) is 8.29. The standard InChI is InChI=1S/C19H20ClFN6O3/c1-9-13-17(22)23-8-24-18(13)27(25-9)4-3-10-5-12(20)15(21)14(16(10)30-2)11-6-26(7-11)19(28)29/h5,8,11H,3-4,6-7H2,1-2H3,(H,28,29)(H2,22,23,24). The Kier molecular flexibility index (Phi) is 5.10. The maximum Gasteiger partial charge on any atom is 0.407 e. The van der Waals surface area contributed by atoms with Gasteiger partial charge in [0.25, 0.3) is 0 Å². The van der Waals surface area contributed by atoms with Crippen LogP contribution in [0.3, 0.4) is 0 Å². The number of nitrogen functional groups attached to an aromatic ring is 1. The molecule has 3 aromatic rings. The van der Waals surface area contributed by atoms with Crippen LogP contribution in [0.2, 0.25) is 5.02 Å². The Hall–Kier alpha value is -3.14. The molecule has 3 N–H and O–H groups in total. The number of aryl methyl sites for hydroxylation is 3. The number of rotatable bonds is 5. The first-order valence-electron chi connectivity index (χ1n) is 9.28. The van der Waals surface area contributed by atoms with E-state index in [4.69, 9.17) is 27.2 Å². The monoisotopic (exact) mass is 434 g/mol. The second-order valence-corrected chi connectivity index (χ2v) is 7.59. The van der Waals surface area contributed by atoms with E-state index in [1.165, 1.54) is 24.4 Å². The minimum atomic E-state index is -1.03. The van der Waals surface area contributed by atoms with Crippen LogP contribution in [0, 0.1) is 12.7 Å². The third kappa shape index (κ3) is 3.26. The van der Waals surface area contributed by atoms with Crippen molar-refractivity contribution in [3.8, 4) is 5.75 Å². The lowest BCUT2D eigenvalue weighted by Crippen LogP contribution is -2.48. The number of aromatic nitrogens is 4. The first-order valence-corrected chi connectivity index (χ1v) is 9.65. The van der Waals surface area contributed by atoms with Gasteiger partial charge in [0.05, 0.1) is 23.2 Å². The second kappa shape index (κ2) is 7.60. The van der Waals surface area contributed by atoms with Crippen molar-refractivity contribution in [2.24, 2.45) is 0 Å². The Morgan fingerprint density at radius 1 is 1.43 bits per heavy atom. The van der Waals surface area contributed by atoms with Gasteiger partial charge in [-0.05, 0) is 25.0 Å². The minimum absolute atomic E-state index is 0.0253. The number of halogens is 2. The highest BCUT2D eigenvalue weighted by molar-refractivity contribution is 6.31. The van der Waals surface area contributed by atoms with Crippen LogP contribution in [0.25, 0.3) is 11.0 Å². The fraction of sp³-hybridized carbons (Fsp3) is 0.368. The van der Waals surface area contributed by atoms with Crippen LogP contribution >= 0.6 is 11.6 Å². The van der Waals surface area contributed by atoms with Crippen LogP contribution in [-0.4, -0.2) is 56.0 Å². The number of fused-ring (bicyclic) bond motifs is 1. The molecule has 1 amide bonds. The van der Waals surface area contributed by atoms with Crippen molar-refractivity contribution in [3.05, 3.63) is 40.1 Å². The molecular weight excluding hydrogens is 415 g/mol. The molecule has 1 fully saturated rings. The van der Waals surface area contributed by atoms with Crippen LogP contribution in [0.5, 0.6) is 5.75 Å². The molecule has 0 radical (unpaired) electrons. The SMILES string of the molecule is COc1c(CCn2nc(C)c3c(N)ncnc32)cc(Cl)c(F)c1C1CN(C(=O)O)C1. The van der Waals surface area contributed by atoms with Crippen LogP contribution in [0.15, 0.2) is 12.4 Å². The highest BCUT2D eigenvalue weighted by Crippen LogP contribution is 2.41. The van der Waals surface area contributed by atoms with Crippen LogP contribution < -0.4 is 10.5 Å². The summed E-state index contributed by atoms with van der Waals surface area (Å²) >= 11 is 6.15. The third-order valence-corrected chi connectivity index (χ3v) is 5.65. The molecular formula is C19H20ClFN6O3. The van der Waals surface area contributed by atoms with E-state index < -0.39 is 11.9 Å². The predicted octanol–water partition coefficient (Wildman–Crippen LogP) is 2.84. The zero-order valence-electron chi connectivity index (χ0n) is 16.4. The van der Waals surface area contributed by atoms with Crippen LogP contribution in [-0.2, 0) is 13.0 Å². The molecule has 3 heterocycles. The topological polar surface area (TPSA) is 119 Å². The molecule has 0 saturated carbocycles. The number of hydrogen-bond acceptors (Lipinski definition) is 6. The Morgan fingerprint density at radius 3 is 2.83 bits per heavy atom. The number of benzene rings is 1. The molecule has 4 rings (SSSR count). The van der Waals surface area contributed by atoms with Gasteiger partial charge in [-0.1, -0.05) is 11.6 Å². The van der Waals surface area contributed by atoms with Crippen molar-refractivity contribution in [2.75, 3.05) is 25.9 Å². The van der Waals surface area contributed by atoms with Crippen molar-refractivity contribution in [3.63, 3.8) is 0 Å². The first kappa shape index (κ1) is 20.1. The fourth-order valence-corrected chi connectivity index (χ4v) is 4.12. The summed E-state index contributed by atoms with van der Waals surface area (Å²) in [4.78, 5) is 20.6. The third-order valence-electron chi connectivity index (χ3n) is 5.37. The highest BCUT2D eigenvalue weighted by Gasteiger charge is 2.36. The van der Waals surface area contributed by atoms with E-state index in [-0.39, 0.29) is 24.0 Å². The fourth-order valence-electron chi connectivity index (χ4n) is 3.88. The summed E-state index contributed by atoms with van der Waals surface area (Å²) in [7, 11) is 1.46. The number of anilines is 1. The Bertz CT molecular complexity index is 1150.